The van der Waals surface area contributed by atoms with E-state index in [4.69, 9.17) is 27.9 Å². The third-order valence-corrected chi connectivity index (χ3v) is 5.29. The SMILES string of the molecule is CCCCCCCCCCCCCCCC(=O)OCCN(CCCl)CCCl. The van der Waals surface area contributed by atoms with Crippen molar-refractivity contribution in [2.75, 3.05) is 38.0 Å². The zero-order valence-electron chi connectivity index (χ0n) is 17.7. The molecule has 0 N–H and O–H groups in total. The highest BCUT2D eigenvalue weighted by Crippen LogP contribution is 2.13. The van der Waals surface area contributed by atoms with Crippen LogP contribution in [-0.2, 0) is 9.53 Å². The van der Waals surface area contributed by atoms with Gasteiger partial charge in [0.05, 0.1) is 0 Å². The first kappa shape index (κ1) is 27.0. The predicted molar refractivity (Wildman–Crippen MR) is 119 cm³/mol. The summed E-state index contributed by atoms with van der Waals surface area (Å²) in [6.07, 6.45) is 17.7. The van der Waals surface area contributed by atoms with Crippen LogP contribution in [0.1, 0.15) is 96.8 Å². The van der Waals surface area contributed by atoms with Gasteiger partial charge in [-0.05, 0) is 6.42 Å². The molecule has 162 valence electrons. The maximum Gasteiger partial charge on any atom is 0.305 e. The fourth-order valence-electron chi connectivity index (χ4n) is 3.22. The highest BCUT2D eigenvalue weighted by molar-refractivity contribution is 6.18. The number of nitrogens with zero attached hydrogens (tertiary/aromatic N) is 1. The topological polar surface area (TPSA) is 29.5 Å². The first-order valence-electron chi connectivity index (χ1n) is 11.2. The summed E-state index contributed by atoms with van der Waals surface area (Å²) in [4.78, 5) is 13.9. The van der Waals surface area contributed by atoms with E-state index in [2.05, 4.69) is 11.8 Å². The second-order valence-electron chi connectivity index (χ2n) is 7.43. The van der Waals surface area contributed by atoms with Crippen LogP contribution < -0.4 is 0 Å². The molecule has 0 spiro atoms. The summed E-state index contributed by atoms with van der Waals surface area (Å²) in [5.74, 6) is 1.07. The monoisotopic (exact) mass is 423 g/mol. The second kappa shape index (κ2) is 22.3. The largest absolute Gasteiger partial charge is 0.464 e. The Morgan fingerprint density at radius 1 is 0.704 bits per heavy atom. The molecule has 0 atom stereocenters. The lowest BCUT2D eigenvalue weighted by molar-refractivity contribution is -0.144. The standard InChI is InChI=1S/C22H43Cl2NO2/c1-2-3-4-5-6-7-8-9-10-11-12-13-14-15-22(26)27-21-20-25(18-16-23)19-17-24/h2-21H2,1H3. The zero-order chi connectivity index (χ0) is 20.0. The summed E-state index contributed by atoms with van der Waals surface area (Å²) in [5.41, 5.74) is 0. The van der Waals surface area contributed by atoms with E-state index in [1.54, 1.807) is 0 Å². The minimum Gasteiger partial charge on any atom is -0.464 e. The van der Waals surface area contributed by atoms with E-state index in [1.165, 1.54) is 70.6 Å². The highest BCUT2D eigenvalue weighted by atomic mass is 35.5. The molecule has 3 nitrogen and oxygen atoms in total. The lowest BCUT2D eigenvalue weighted by Gasteiger charge is -2.19. The van der Waals surface area contributed by atoms with E-state index >= 15 is 0 Å². The second-order valence-corrected chi connectivity index (χ2v) is 8.19. The molecule has 0 aromatic carbocycles. The summed E-state index contributed by atoms with van der Waals surface area (Å²) < 4.78 is 5.31. The Balaban J connectivity index is 3.31. The van der Waals surface area contributed by atoms with Crippen LogP contribution in [0.25, 0.3) is 0 Å². The van der Waals surface area contributed by atoms with Crippen molar-refractivity contribution >= 4 is 29.2 Å². The van der Waals surface area contributed by atoms with Crippen LogP contribution in [-0.4, -0.2) is 48.9 Å². The average Bonchev–Trinajstić information content (AvgIpc) is 2.66. The van der Waals surface area contributed by atoms with Crippen molar-refractivity contribution in [3.8, 4) is 0 Å². The Labute approximate surface area is 178 Å². The summed E-state index contributed by atoms with van der Waals surface area (Å²) in [5, 5.41) is 0. The van der Waals surface area contributed by atoms with E-state index < -0.39 is 0 Å². The van der Waals surface area contributed by atoms with Crippen LogP contribution in [0, 0.1) is 0 Å². The molecule has 0 aliphatic heterocycles. The van der Waals surface area contributed by atoms with E-state index in [9.17, 15) is 4.79 Å². The molecule has 0 aliphatic carbocycles. The number of carbonyl (C=O) groups is 1. The molecule has 0 fully saturated rings. The minimum absolute atomic E-state index is 0.0743. The van der Waals surface area contributed by atoms with Crippen LogP contribution in [0.15, 0.2) is 0 Å². The van der Waals surface area contributed by atoms with Gasteiger partial charge in [0.15, 0.2) is 0 Å². The highest BCUT2D eigenvalue weighted by Gasteiger charge is 2.06. The fourth-order valence-corrected chi connectivity index (χ4v) is 3.70. The van der Waals surface area contributed by atoms with Crippen LogP contribution in [0.3, 0.4) is 0 Å². The van der Waals surface area contributed by atoms with E-state index in [0.29, 0.717) is 31.3 Å². The van der Waals surface area contributed by atoms with Crippen molar-refractivity contribution in [3.63, 3.8) is 0 Å². The van der Waals surface area contributed by atoms with Gasteiger partial charge in [-0.15, -0.1) is 23.2 Å². The number of alkyl halides is 2. The van der Waals surface area contributed by atoms with Crippen LogP contribution in [0.4, 0.5) is 0 Å². The summed E-state index contributed by atoms with van der Waals surface area (Å²) in [7, 11) is 0. The molecular formula is C22H43Cl2NO2. The molecule has 0 bridgehead atoms. The molecule has 0 amide bonds. The molecule has 0 rings (SSSR count). The molecular weight excluding hydrogens is 381 g/mol. The van der Waals surface area contributed by atoms with Crippen molar-refractivity contribution in [1.29, 1.82) is 0 Å². The first-order valence-corrected chi connectivity index (χ1v) is 12.3. The number of unbranched alkanes of at least 4 members (excludes halogenated alkanes) is 12. The number of halogens is 2. The maximum atomic E-state index is 11.7. The summed E-state index contributed by atoms with van der Waals surface area (Å²) >= 11 is 11.5. The van der Waals surface area contributed by atoms with Gasteiger partial charge in [-0.2, -0.15) is 0 Å². The molecule has 0 aromatic heterocycles. The molecule has 5 heteroatoms. The van der Waals surface area contributed by atoms with Gasteiger partial charge in [0.1, 0.15) is 6.61 Å². The third kappa shape index (κ3) is 20.6. The molecule has 0 heterocycles. The van der Waals surface area contributed by atoms with Crippen molar-refractivity contribution < 1.29 is 9.53 Å². The molecule has 0 saturated carbocycles. The predicted octanol–water partition coefficient (Wildman–Crippen LogP) is 6.79. The van der Waals surface area contributed by atoms with Gasteiger partial charge >= 0.3 is 5.97 Å². The molecule has 0 unspecified atom stereocenters. The first-order chi connectivity index (χ1) is 13.2. The Morgan fingerprint density at radius 2 is 1.15 bits per heavy atom. The average molecular weight is 424 g/mol. The van der Waals surface area contributed by atoms with Gasteiger partial charge in [0.25, 0.3) is 0 Å². The normalized spacial score (nSPS) is 11.3. The third-order valence-electron chi connectivity index (χ3n) is 4.96. The number of esters is 1. The van der Waals surface area contributed by atoms with E-state index in [1.807, 2.05) is 0 Å². The number of ether oxygens (including phenoxy) is 1. The minimum atomic E-state index is -0.0743. The Kier molecular flexibility index (Phi) is 22.3. The number of hydrogen-bond acceptors (Lipinski definition) is 3. The smallest absolute Gasteiger partial charge is 0.305 e. The lowest BCUT2D eigenvalue weighted by Crippen LogP contribution is -2.31. The van der Waals surface area contributed by atoms with Crippen molar-refractivity contribution in [1.82, 2.24) is 4.90 Å². The zero-order valence-corrected chi connectivity index (χ0v) is 19.2. The quantitative estimate of drug-likeness (QED) is 0.115. The molecule has 0 radical (unpaired) electrons. The summed E-state index contributed by atoms with van der Waals surface area (Å²) in [6.45, 7) is 4.98. The molecule has 0 aliphatic rings. The van der Waals surface area contributed by atoms with Gasteiger partial charge < -0.3 is 4.74 Å². The van der Waals surface area contributed by atoms with E-state index in [-0.39, 0.29) is 5.97 Å². The fraction of sp³-hybridized carbons (Fsp3) is 0.955. The van der Waals surface area contributed by atoms with Crippen molar-refractivity contribution in [2.45, 2.75) is 96.8 Å². The van der Waals surface area contributed by atoms with Gasteiger partial charge in [-0.1, -0.05) is 84.0 Å². The summed E-state index contributed by atoms with van der Waals surface area (Å²) in [6, 6.07) is 0. The number of carbonyl (C=O) groups excluding carboxylic acids is 1. The van der Waals surface area contributed by atoms with Gasteiger partial charge in [-0.3, -0.25) is 9.69 Å². The van der Waals surface area contributed by atoms with Gasteiger partial charge in [-0.25, -0.2) is 0 Å². The molecule has 0 aromatic rings. The van der Waals surface area contributed by atoms with Gasteiger partial charge in [0.2, 0.25) is 0 Å². The van der Waals surface area contributed by atoms with Crippen molar-refractivity contribution in [3.05, 3.63) is 0 Å². The molecule has 0 saturated heterocycles. The lowest BCUT2D eigenvalue weighted by atomic mass is 10.0. The maximum absolute atomic E-state index is 11.7. The van der Waals surface area contributed by atoms with Crippen LogP contribution >= 0.6 is 23.2 Å². The van der Waals surface area contributed by atoms with Crippen LogP contribution in [0.5, 0.6) is 0 Å². The molecule has 27 heavy (non-hydrogen) atoms. The van der Waals surface area contributed by atoms with Gasteiger partial charge in [0, 0.05) is 37.8 Å². The Hall–Kier alpha value is 0.01000. The van der Waals surface area contributed by atoms with E-state index in [0.717, 1.165) is 25.9 Å². The Bertz CT molecular complexity index is 311. The Morgan fingerprint density at radius 3 is 1.59 bits per heavy atom. The number of hydrogen-bond donors (Lipinski definition) is 0. The van der Waals surface area contributed by atoms with Crippen molar-refractivity contribution in [2.24, 2.45) is 0 Å². The number of rotatable bonds is 21. The van der Waals surface area contributed by atoms with Crippen LogP contribution in [0.2, 0.25) is 0 Å².